The Kier molecular flexibility index (Phi) is 4.36. The van der Waals surface area contributed by atoms with E-state index in [0.29, 0.717) is 0 Å². The normalized spacial score (nSPS) is 11.0. The zero-order chi connectivity index (χ0) is 10.5. The minimum absolute atomic E-state index is 0.531. The Morgan fingerprint density at radius 2 is 2.00 bits per heavy atom. The number of hydroxylamine groups is 1. The number of amides is 1. The topological polar surface area (TPSA) is 84.9 Å². The van der Waals surface area contributed by atoms with E-state index in [4.69, 9.17) is 9.84 Å². The summed E-state index contributed by atoms with van der Waals surface area (Å²) in [5.74, 6) is -1.69. The van der Waals surface area contributed by atoms with Crippen LogP contribution in [0, 0.1) is 0 Å². The SMILES string of the molecule is COC(C)(C)C(=O)NOCC(=O)O. The number of ether oxygens (including phenoxy) is 1. The van der Waals surface area contributed by atoms with E-state index in [1.54, 1.807) is 0 Å². The molecule has 0 aliphatic rings. The largest absolute Gasteiger partial charge is 0.479 e. The monoisotopic (exact) mass is 191 g/mol. The fraction of sp³-hybridized carbons (Fsp3) is 0.714. The summed E-state index contributed by atoms with van der Waals surface area (Å²) in [6, 6.07) is 0. The van der Waals surface area contributed by atoms with Crippen molar-refractivity contribution in [1.82, 2.24) is 5.48 Å². The average Bonchev–Trinajstić information content (AvgIpc) is 2.03. The van der Waals surface area contributed by atoms with Gasteiger partial charge in [-0.2, -0.15) is 0 Å². The van der Waals surface area contributed by atoms with Crippen LogP contribution in [0.25, 0.3) is 0 Å². The number of hydrogen-bond acceptors (Lipinski definition) is 4. The lowest BCUT2D eigenvalue weighted by molar-refractivity contribution is -0.158. The fourth-order valence-electron chi connectivity index (χ4n) is 0.379. The molecule has 0 aromatic carbocycles. The van der Waals surface area contributed by atoms with Crippen LogP contribution in [-0.2, 0) is 19.2 Å². The van der Waals surface area contributed by atoms with Crippen LogP contribution in [0.5, 0.6) is 0 Å². The highest BCUT2D eigenvalue weighted by Gasteiger charge is 2.27. The first-order valence-electron chi connectivity index (χ1n) is 3.59. The number of methoxy groups -OCH3 is 1. The van der Waals surface area contributed by atoms with Crippen molar-refractivity contribution in [2.24, 2.45) is 0 Å². The van der Waals surface area contributed by atoms with E-state index in [1.165, 1.54) is 21.0 Å². The van der Waals surface area contributed by atoms with Gasteiger partial charge in [0.05, 0.1) is 0 Å². The molecule has 0 aromatic heterocycles. The van der Waals surface area contributed by atoms with E-state index in [1.807, 2.05) is 5.48 Å². The van der Waals surface area contributed by atoms with Crippen LogP contribution in [0.15, 0.2) is 0 Å². The Labute approximate surface area is 75.8 Å². The van der Waals surface area contributed by atoms with Crippen molar-refractivity contribution >= 4 is 11.9 Å². The Morgan fingerprint density at radius 3 is 2.38 bits per heavy atom. The lowest BCUT2D eigenvalue weighted by Gasteiger charge is -2.20. The van der Waals surface area contributed by atoms with E-state index < -0.39 is 24.1 Å². The molecule has 0 aliphatic carbocycles. The highest BCUT2D eigenvalue weighted by molar-refractivity contribution is 5.83. The molecule has 0 aromatic rings. The first-order valence-corrected chi connectivity index (χ1v) is 3.59. The average molecular weight is 191 g/mol. The van der Waals surface area contributed by atoms with Gasteiger partial charge < -0.3 is 9.84 Å². The fourth-order valence-corrected chi connectivity index (χ4v) is 0.379. The van der Waals surface area contributed by atoms with Gasteiger partial charge in [0, 0.05) is 7.11 Å². The standard InChI is InChI=1S/C7H13NO5/c1-7(2,12-3)6(11)8-13-4-5(9)10/h4H2,1-3H3,(H,8,11)(H,9,10). The number of carbonyl (C=O) groups excluding carboxylic acids is 1. The molecular formula is C7H13NO5. The van der Waals surface area contributed by atoms with Crippen molar-refractivity contribution in [2.75, 3.05) is 13.7 Å². The summed E-state index contributed by atoms with van der Waals surface area (Å²) in [5.41, 5.74) is 0.931. The van der Waals surface area contributed by atoms with Crippen molar-refractivity contribution in [1.29, 1.82) is 0 Å². The van der Waals surface area contributed by atoms with Gasteiger partial charge in [-0.3, -0.25) is 9.63 Å². The summed E-state index contributed by atoms with van der Waals surface area (Å²) < 4.78 is 4.82. The Balaban J connectivity index is 3.81. The molecule has 0 bridgehead atoms. The molecule has 0 saturated heterocycles. The lowest BCUT2D eigenvalue weighted by atomic mass is 10.1. The van der Waals surface area contributed by atoms with Gasteiger partial charge >= 0.3 is 5.97 Å². The van der Waals surface area contributed by atoms with Gasteiger partial charge in [0.2, 0.25) is 0 Å². The maximum atomic E-state index is 11.1. The summed E-state index contributed by atoms with van der Waals surface area (Å²) in [7, 11) is 1.37. The van der Waals surface area contributed by atoms with Crippen LogP contribution in [0.2, 0.25) is 0 Å². The third kappa shape index (κ3) is 4.44. The number of carboxylic acid groups (broad SMARTS) is 1. The van der Waals surface area contributed by atoms with Crippen LogP contribution < -0.4 is 5.48 Å². The highest BCUT2D eigenvalue weighted by atomic mass is 16.7. The number of hydrogen-bond donors (Lipinski definition) is 2. The van der Waals surface area contributed by atoms with Gasteiger partial charge in [0.25, 0.3) is 5.91 Å². The van der Waals surface area contributed by atoms with Gasteiger partial charge in [-0.25, -0.2) is 10.3 Å². The molecule has 6 nitrogen and oxygen atoms in total. The van der Waals surface area contributed by atoms with Crippen LogP contribution in [0.4, 0.5) is 0 Å². The molecule has 0 heterocycles. The van der Waals surface area contributed by atoms with Gasteiger partial charge in [-0.1, -0.05) is 0 Å². The van der Waals surface area contributed by atoms with E-state index in [0.717, 1.165) is 0 Å². The van der Waals surface area contributed by atoms with Crippen LogP contribution in [0.3, 0.4) is 0 Å². The van der Waals surface area contributed by atoms with Crippen molar-refractivity contribution < 1.29 is 24.3 Å². The van der Waals surface area contributed by atoms with Gasteiger partial charge in [-0.05, 0) is 13.8 Å². The first-order chi connectivity index (χ1) is 5.90. The van der Waals surface area contributed by atoms with Crippen molar-refractivity contribution in [3.63, 3.8) is 0 Å². The molecule has 0 saturated carbocycles. The zero-order valence-electron chi connectivity index (χ0n) is 7.79. The molecule has 0 rings (SSSR count). The van der Waals surface area contributed by atoms with Gasteiger partial charge in [0.15, 0.2) is 6.61 Å². The summed E-state index contributed by atoms with van der Waals surface area (Å²) >= 11 is 0. The molecular weight excluding hydrogens is 178 g/mol. The van der Waals surface area contributed by atoms with Crippen molar-refractivity contribution in [2.45, 2.75) is 19.4 Å². The quantitative estimate of drug-likeness (QED) is 0.574. The number of aliphatic carboxylic acids is 1. The number of rotatable bonds is 5. The van der Waals surface area contributed by atoms with E-state index in [2.05, 4.69) is 4.84 Å². The molecule has 0 spiro atoms. The number of carboxylic acids is 1. The highest BCUT2D eigenvalue weighted by Crippen LogP contribution is 2.06. The molecule has 1 amide bonds. The van der Waals surface area contributed by atoms with Gasteiger partial charge in [0.1, 0.15) is 5.60 Å². The second-order valence-electron chi connectivity index (χ2n) is 2.83. The Bertz CT molecular complexity index is 201. The molecule has 0 fully saturated rings. The summed E-state index contributed by atoms with van der Waals surface area (Å²) in [4.78, 5) is 25.5. The number of carbonyl (C=O) groups is 2. The molecule has 2 N–H and O–H groups in total. The van der Waals surface area contributed by atoms with Gasteiger partial charge in [-0.15, -0.1) is 0 Å². The Morgan fingerprint density at radius 1 is 1.46 bits per heavy atom. The summed E-state index contributed by atoms with van der Waals surface area (Å²) in [6.07, 6.45) is 0. The maximum Gasteiger partial charge on any atom is 0.332 e. The maximum absolute atomic E-state index is 11.1. The summed E-state index contributed by atoms with van der Waals surface area (Å²) in [5, 5.41) is 8.18. The first kappa shape index (κ1) is 11.9. The Hall–Kier alpha value is -1.14. The second kappa shape index (κ2) is 4.78. The van der Waals surface area contributed by atoms with Crippen LogP contribution in [-0.4, -0.2) is 36.3 Å². The molecule has 0 aliphatic heterocycles. The van der Waals surface area contributed by atoms with Crippen molar-refractivity contribution in [3.05, 3.63) is 0 Å². The molecule has 0 atom stereocenters. The third-order valence-electron chi connectivity index (χ3n) is 1.42. The van der Waals surface area contributed by atoms with Crippen molar-refractivity contribution in [3.8, 4) is 0 Å². The molecule has 0 unspecified atom stereocenters. The van der Waals surface area contributed by atoms with E-state index in [9.17, 15) is 9.59 Å². The molecule has 76 valence electrons. The summed E-state index contributed by atoms with van der Waals surface area (Å²) in [6.45, 7) is 2.49. The van der Waals surface area contributed by atoms with E-state index >= 15 is 0 Å². The van der Waals surface area contributed by atoms with Crippen LogP contribution in [0.1, 0.15) is 13.8 Å². The predicted molar refractivity (Wildman–Crippen MR) is 42.8 cm³/mol. The predicted octanol–water partition coefficient (Wildman–Crippen LogP) is -0.456. The second-order valence-corrected chi connectivity index (χ2v) is 2.83. The van der Waals surface area contributed by atoms with E-state index in [-0.39, 0.29) is 0 Å². The lowest BCUT2D eigenvalue weighted by Crippen LogP contribution is -2.44. The third-order valence-corrected chi connectivity index (χ3v) is 1.42. The van der Waals surface area contributed by atoms with Crippen LogP contribution >= 0.6 is 0 Å². The smallest absolute Gasteiger partial charge is 0.332 e. The minimum atomic E-state index is -1.16. The molecule has 6 heteroatoms. The minimum Gasteiger partial charge on any atom is -0.479 e. The molecule has 0 radical (unpaired) electrons. The number of nitrogens with one attached hydrogen (secondary N) is 1. The molecule has 13 heavy (non-hydrogen) atoms. The zero-order valence-corrected chi connectivity index (χ0v) is 7.79.